The summed E-state index contributed by atoms with van der Waals surface area (Å²) in [6.07, 6.45) is 0. The first kappa shape index (κ1) is 11.5. The minimum Gasteiger partial charge on any atom is -0.508 e. The maximum absolute atomic E-state index is 12.1. The van der Waals surface area contributed by atoms with E-state index in [2.05, 4.69) is 0 Å². The Kier molecular flexibility index (Phi) is 3.01. The fourth-order valence-corrected chi connectivity index (χ4v) is 2.39. The topological polar surface area (TPSA) is 77.8 Å². The van der Waals surface area contributed by atoms with Crippen molar-refractivity contribution in [3.63, 3.8) is 0 Å². The van der Waals surface area contributed by atoms with Crippen molar-refractivity contribution in [3.05, 3.63) is 42.5 Å². The number of benzene rings is 2. The minimum atomic E-state index is -1.46. The van der Waals surface area contributed by atoms with Gasteiger partial charge in [0, 0.05) is 15.9 Å². The van der Waals surface area contributed by atoms with Crippen molar-refractivity contribution in [2.45, 2.75) is 9.79 Å². The Bertz CT molecular complexity index is 563. The quantitative estimate of drug-likeness (QED) is 0.712. The predicted molar refractivity (Wildman–Crippen MR) is 62.6 cm³/mol. The van der Waals surface area contributed by atoms with E-state index >= 15 is 0 Å². The number of aromatic hydroxyl groups is 3. The molecule has 0 saturated heterocycles. The fourth-order valence-electron chi connectivity index (χ4n) is 1.32. The zero-order chi connectivity index (χ0) is 12.4. The van der Waals surface area contributed by atoms with Crippen LogP contribution >= 0.6 is 0 Å². The maximum Gasteiger partial charge on any atom is 0.158 e. The Balaban J connectivity index is 2.37. The molecule has 0 aromatic heterocycles. The van der Waals surface area contributed by atoms with Crippen molar-refractivity contribution in [2.75, 3.05) is 0 Å². The van der Waals surface area contributed by atoms with Crippen molar-refractivity contribution in [1.29, 1.82) is 0 Å². The fraction of sp³-hybridized carbons (Fsp3) is 0. The lowest BCUT2D eigenvalue weighted by Crippen LogP contribution is -1.92. The highest BCUT2D eigenvalue weighted by Crippen LogP contribution is 2.28. The van der Waals surface area contributed by atoms with Gasteiger partial charge in [0.2, 0.25) is 0 Å². The van der Waals surface area contributed by atoms with Crippen LogP contribution in [0.3, 0.4) is 0 Å². The standard InChI is InChI=1S/C12H10O4S/c13-8-1-3-9(4-2-8)17(16)10-5-6-11(14)12(15)7-10/h1-7,13-15H. The molecule has 0 aliphatic carbocycles. The van der Waals surface area contributed by atoms with Crippen LogP contribution in [0.4, 0.5) is 0 Å². The van der Waals surface area contributed by atoms with E-state index in [0.29, 0.717) is 9.79 Å². The monoisotopic (exact) mass is 250 g/mol. The molecule has 2 aromatic rings. The van der Waals surface area contributed by atoms with E-state index in [9.17, 15) is 9.32 Å². The molecule has 3 N–H and O–H groups in total. The molecule has 0 saturated carbocycles. The van der Waals surface area contributed by atoms with E-state index in [0.717, 1.165) is 0 Å². The van der Waals surface area contributed by atoms with Gasteiger partial charge in [-0.25, -0.2) is 4.21 Å². The number of hydrogen-bond acceptors (Lipinski definition) is 4. The Morgan fingerprint density at radius 2 is 1.35 bits per heavy atom. The summed E-state index contributed by atoms with van der Waals surface area (Å²) in [6.45, 7) is 0. The van der Waals surface area contributed by atoms with Crippen molar-refractivity contribution in [1.82, 2.24) is 0 Å². The lowest BCUT2D eigenvalue weighted by atomic mass is 10.3. The van der Waals surface area contributed by atoms with Gasteiger partial charge >= 0.3 is 0 Å². The number of hydrogen-bond donors (Lipinski definition) is 3. The van der Waals surface area contributed by atoms with Gasteiger partial charge in [0.05, 0.1) is 10.8 Å². The first-order chi connectivity index (χ1) is 8.08. The van der Waals surface area contributed by atoms with Crippen molar-refractivity contribution < 1.29 is 19.5 Å². The van der Waals surface area contributed by atoms with Gasteiger partial charge in [-0.05, 0) is 36.4 Å². The molecule has 0 fully saturated rings. The lowest BCUT2D eigenvalue weighted by molar-refractivity contribution is 0.402. The molecule has 2 rings (SSSR count). The van der Waals surface area contributed by atoms with Crippen LogP contribution in [0.2, 0.25) is 0 Å². The molecule has 0 bridgehead atoms. The summed E-state index contributed by atoms with van der Waals surface area (Å²) in [5, 5.41) is 27.6. The van der Waals surface area contributed by atoms with Gasteiger partial charge < -0.3 is 15.3 Å². The smallest absolute Gasteiger partial charge is 0.158 e. The van der Waals surface area contributed by atoms with Crippen molar-refractivity contribution in [2.24, 2.45) is 0 Å². The number of phenolic OH excluding ortho intramolecular Hbond substituents is 3. The van der Waals surface area contributed by atoms with Crippen LogP contribution in [0.15, 0.2) is 52.3 Å². The molecule has 4 nitrogen and oxygen atoms in total. The highest BCUT2D eigenvalue weighted by atomic mass is 32.2. The van der Waals surface area contributed by atoms with Gasteiger partial charge in [-0.3, -0.25) is 0 Å². The first-order valence-electron chi connectivity index (χ1n) is 4.81. The second-order valence-corrected chi connectivity index (χ2v) is 4.89. The molecule has 0 spiro atoms. The Hall–Kier alpha value is -2.01. The normalized spacial score (nSPS) is 12.2. The van der Waals surface area contributed by atoms with Gasteiger partial charge in [-0.15, -0.1) is 0 Å². The molecule has 5 heteroatoms. The number of rotatable bonds is 2. The first-order valence-corrected chi connectivity index (χ1v) is 5.95. The summed E-state index contributed by atoms with van der Waals surface area (Å²) in [6, 6.07) is 9.95. The molecule has 0 heterocycles. The van der Waals surface area contributed by atoms with Crippen LogP contribution in [0.1, 0.15) is 0 Å². The molecular formula is C12H10O4S. The summed E-state index contributed by atoms with van der Waals surface area (Å²) in [7, 11) is -1.46. The summed E-state index contributed by atoms with van der Waals surface area (Å²) in [5.74, 6) is -0.467. The Morgan fingerprint density at radius 1 is 0.765 bits per heavy atom. The Labute approximate surface area is 100 Å². The summed E-state index contributed by atoms with van der Waals surface area (Å²) in [4.78, 5) is 0.888. The molecule has 0 amide bonds. The highest BCUT2D eigenvalue weighted by molar-refractivity contribution is 7.85. The molecule has 17 heavy (non-hydrogen) atoms. The molecular weight excluding hydrogens is 240 g/mol. The molecule has 0 aliphatic heterocycles. The summed E-state index contributed by atoms with van der Waals surface area (Å²) in [5.41, 5.74) is 0. The number of phenols is 3. The average Bonchev–Trinajstić information content (AvgIpc) is 2.33. The van der Waals surface area contributed by atoms with E-state index < -0.39 is 10.8 Å². The van der Waals surface area contributed by atoms with Crippen LogP contribution in [-0.4, -0.2) is 19.5 Å². The van der Waals surface area contributed by atoms with Gasteiger partial charge in [0.1, 0.15) is 5.75 Å². The second kappa shape index (κ2) is 4.47. The van der Waals surface area contributed by atoms with Crippen LogP contribution < -0.4 is 0 Å². The van der Waals surface area contributed by atoms with Crippen LogP contribution in [-0.2, 0) is 10.8 Å². The third-order valence-corrected chi connectivity index (χ3v) is 3.59. The van der Waals surface area contributed by atoms with Gasteiger partial charge in [0.15, 0.2) is 11.5 Å². The Morgan fingerprint density at radius 3 is 1.94 bits per heavy atom. The van der Waals surface area contributed by atoms with Gasteiger partial charge in [-0.2, -0.15) is 0 Å². The molecule has 2 aromatic carbocycles. The largest absolute Gasteiger partial charge is 0.508 e. The molecule has 1 unspecified atom stereocenters. The van der Waals surface area contributed by atoms with E-state index in [1.807, 2.05) is 0 Å². The zero-order valence-electron chi connectivity index (χ0n) is 8.70. The summed E-state index contributed by atoms with van der Waals surface area (Å²) >= 11 is 0. The van der Waals surface area contributed by atoms with E-state index in [4.69, 9.17) is 10.2 Å². The molecule has 0 radical (unpaired) electrons. The van der Waals surface area contributed by atoms with Crippen molar-refractivity contribution >= 4 is 10.8 Å². The second-order valence-electron chi connectivity index (χ2n) is 3.41. The lowest BCUT2D eigenvalue weighted by Gasteiger charge is -2.04. The zero-order valence-corrected chi connectivity index (χ0v) is 9.52. The van der Waals surface area contributed by atoms with Crippen molar-refractivity contribution in [3.8, 4) is 17.2 Å². The van der Waals surface area contributed by atoms with E-state index in [1.54, 1.807) is 0 Å². The molecule has 88 valence electrons. The van der Waals surface area contributed by atoms with Crippen LogP contribution in [0, 0.1) is 0 Å². The average molecular weight is 250 g/mol. The van der Waals surface area contributed by atoms with Gasteiger partial charge in [-0.1, -0.05) is 0 Å². The highest BCUT2D eigenvalue weighted by Gasteiger charge is 2.09. The SMILES string of the molecule is O=S(c1ccc(O)cc1)c1ccc(O)c(O)c1. The predicted octanol–water partition coefficient (Wildman–Crippen LogP) is 1.97. The molecule has 1 atom stereocenters. The minimum absolute atomic E-state index is 0.0966. The van der Waals surface area contributed by atoms with Gasteiger partial charge in [0.25, 0.3) is 0 Å². The third-order valence-electron chi connectivity index (χ3n) is 2.21. The summed E-state index contributed by atoms with van der Waals surface area (Å²) < 4.78 is 12.1. The van der Waals surface area contributed by atoms with E-state index in [1.165, 1.54) is 42.5 Å². The van der Waals surface area contributed by atoms with Crippen LogP contribution in [0.5, 0.6) is 17.2 Å². The van der Waals surface area contributed by atoms with E-state index in [-0.39, 0.29) is 17.2 Å². The maximum atomic E-state index is 12.1. The molecule has 0 aliphatic rings. The third kappa shape index (κ3) is 2.39. The van der Waals surface area contributed by atoms with Crippen LogP contribution in [0.25, 0.3) is 0 Å².